The lowest BCUT2D eigenvalue weighted by molar-refractivity contribution is 1.37. The molecule has 0 spiro atoms. The zero-order valence-electron chi connectivity index (χ0n) is 18.9. The van der Waals surface area contributed by atoms with E-state index in [-0.39, 0.29) is 0 Å². The normalized spacial score (nSPS) is 12.6. The van der Waals surface area contributed by atoms with E-state index in [2.05, 4.69) is 120 Å². The van der Waals surface area contributed by atoms with Gasteiger partial charge in [0.25, 0.3) is 0 Å². The lowest BCUT2D eigenvalue weighted by Gasteiger charge is -2.08. The third-order valence-corrected chi connectivity index (χ3v) is 8.06. The number of hydrogen-bond donors (Lipinski definition) is 0. The van der Waals surface area contributed by atoms with Crippen molar-refractivity contribution in [2.75, 3.05) is 0 Å². The van der Waals surface area contributed by atoms with Crippen LogP contribution >= 0.6 is 0 Å². The molecule has 160 valence electrons. The van der Waals surface area contributed by atoms with Crippen molar-refractivity contribution in [3.8, 4) is 33.4 Å². The first kappa shape index (κ1) is 17.8. The summed E-state index contributed by atoms with van der Waals surface area (Å²) in [4.78, 5) is 0. The van der Waals surface area contributed by atoms with E-state index in [9.17, 15) is 0 Å². The van der Waals surface area contributed by atoms with Gasteiger partial charge in [-0.25, -0.2) is 0 Å². The molecule has 1 heteroatoms. The molecule has 2 aromatic heterocycles. The molecule has 1 aliphatic rings. The van der Waals surface area contributed by atoms with E-state index in [0.717, 1.165) is 0 Å². The van der Waals surface area contributed by atoms with E-state index in [1.165, 1.54) is 82.2 Å². The molecule has 0 amide bonds. The van der Waals surface area contributed by atoms with E-state index in [0.29, 0.717) is 0 Å². The van der Waals surface area contributed by atoms with Crippen LogP contribution in [0.25, 0.3) is 82.2 Å². The second-order valence-electron chi connectivity index (χ2n) is 9.76. The molecule has 0 atom stereocenters. The van der Waals surface area contributed by atoms with Crippen LogP contribution in [0.3, 0.4) is 0 Å². The average molecular weight is 442 g/mol. The van der Waals surface area contributed by atoms with Crippen molar-refractivity contribution in [2.45, 2.75) is 0 Å². The van der Waals surface area contributed by atoms with E-state index in [1.54, 1.807) is 0 Å². The number of para-hydroxylation sites is 2. The van der Waals surface area contributed by atoms with Crippen molar-refractivity contribution in [1.29, 1.82) is 0 Å². The van der Waals surface area contributed by atoms with Crippen LogP contribution in [-0.4, -0.2) is 4.40 Å². The number of rotatable bonds is 1. The number of aromatic nitrogens is 1. The van der Waals surface area contributed by atoms with Gasteiger partial charge in [0.15, 0.2) is 0 Å². The summed E-state index contributed by atoms with van der Waals surface area (Å²) < 4.78 is 2.44. The Labute approximate surface area is 201 Å². The van der Waals surface area contributed by atoms with Gasteiger partial charge in [0.05, 0.1) is 16.6 Å². The van der Waals surface area contributed by atoms with Crippen LogP contribution in [-0.2, 0) is 0 Å². The van der Waals surface area contributed by atoms with E-state index in [1.807, 2.05) is 0 Å². The molecule has 1 nitrogen and oxygen atoms in total. The van der Waals surface area contributed by atoms with Gasteiger partial charge in [-0.15, -0.1) is 0 Å². The zero-order chi connectivity index (χ0) is 22.7. The van der Waals surface area contributed by atoms with E-state index < -0.39 is 0 Å². The average Bonchev–Trinajstić information content (AvgIpc) is 3.55. The molecule has 0 radical (unpaired) electrons. The summed E-state index contributed by atoms with van der Waals surface area (Å²) in [6.07, 6.45) is 0. The summed E-state index contributed by atoms with van der Waals surface area (Å²) in [5.74, 6) is 0. The van der Waals surface area contributed by atoms with Crippen molar-refractivity contribution in [3.05, 3.63) is 115 Å². The molecule has 0 aliphatic heterocycles. The van der Waals surface area contributed by atoms with Gasteiger partial charge in [0.1, 0.15) is 0 Å². The molecule has 0 unspecified atom stereocenters. The molecule has 1 aliphatic carbocycles. The monoisotopic (exact) mass is 441 g/mol. The summed E-state index contributed by atoms with van der Waals surface area (Å²) in [7, 11) is 0. The van der Waals surface area contributed by atoms with Crippen LogP contribution in [0.1, 0.15) is 0 Å². The maximum Gasteiger partial charge on any atom is 0.0620 e. The minimum atomic E-state index is 1.27. The molecule has 8 aromatic rings. The largest absolute Gasteiger partial charge is 0.308 e. The van der Waals surface area contributed by atoms with Crippen molar-refractivity contribution < 1.29 is 0 Å². The van der Waals surface area contributed by atoms with E-state index >= 15 is 0 Å². The Morgan fingerprint density at radius 3 is 1.94 bits per heavy atom. The molecular weight excluding hydrogens is 422 g/mol. The van der Waals surface area contributed by atoms with Gasteiger partial charge in [0, 0.05) is 21.5 Å². The van der Waals surface area contributed by atoms with Gasteiger partial charge < -0.3 is 4.40 Å². The first-order chi connectivity index (χ1) is 17.4. The Bertz CT molecular complexity index is 2150. The maximum atomic E-state index is 2.44. The quantitative estimate of drug-likeness (QED) is 0.239. The summed E-state index contributed by atoms with van der Waals surface area (Å²) in [5, 5.41) is 8.01. The number of nitrogens with zero attached hydrogens (tertiary/aromatic N) is 1. The maximum absolute atomic E-state index is 2.44. The molecule has 0 saturated carbocycles. The fraction of sp³-hybridized carbons (Fsp3) is 0. The molecule has 35 heavy (non-hydrogen) atoms. The van der Waals surface area contributed by atoms with Gasteiger partial charge in [0.2, 0.25) is 0 Å². The highest BCUT2D eigenvalue weighted by Gasteiger charge is 2.22. The molecule has 0 bridgehead atoms. The van der Waals surface area contributed by atoms with Gasteiger partial charge in [-0.2, -0.15) is 0 Å². The number of fused-ring (bicyclic) bond motifs is 9. The Balaban J connectivity index is 1.31. The van der Waals surface area contributed by atoms with Gasteiger partial charge in [-0.3, -0.25) is 0 Å². The third kappa shape index (κ3) is 2.10. The predicted octanol–water partition coefficient (Wildman–Crippen LogP) is 9.30. The third-order valence-electron chi connectivity index (χ3n) is 8.06. The van der Waals surface area contributed by atoms with E-state index in [4.69, 9.17) is 0 Å². The molecular formula is C34H19N. The molecule has 6 aromatic carbocycles. The van der Waals surface area contributed by atoms with Crippen LogP contribution in [0.5, 0.6) is 0 Å². The lowest BCUT2D eigenvalue weighted by atomic mass is 9.96. The Morgan fingerprint density at radius 1 is 0.400 bits per heavy atom. The van der Waals surface area contributed by atoms with Crippen LogP contribution < -0.4 is 0 Å². The Morgan fingerprint density at radius 2 is 1.06 bits per heavy atom. The first-order valence-corrected chi connectivity index (χ1v) is 12.2. The van der Waals surface area contributed by atoms with Crippen LogP contribution in [0.2, 0.25) is 0 Å². The van der Waals surface area contributed by atoms with Crippen LogP contribution in [0.15, 0.2) is 115 Å². The number of benzene rings is 6. The van der Waals surface area contributed by atoms with Crippen LogP contribution in [0, 0.1) is 0 Å². The zero-order valence-corrected chi connectivity index (χ0v) is 18.9. The van der Waals surface area contributed by atoms with Crippen molar-refractivity contribution in [2.24, 2.45) is 0 Å². The summed E-state index contributed by atoms with van der Waals surface area (Å²) in [6.45, 7) is 0. The highest BCUT2D eigenvalue weighted by atomic mass is 14.9. The molecule has 0 saturated heterocycles. The lowest BCUT2D eigenvalue weighted by Crippen LogP contribution is -1.83. The summed E-state index contributed by atoms with van der Waals surface area (Å²) >= 11 is 0. The minimum absolute atomic E-state index is 1.27. The summed E-state index contributed by atoms with van der Waals surface area (Å²) in [5.41, 5.74) is 11.8. The standard InChI is InChI=1S/C34H19N/c1-2-13-31-24(8-1)27-11-5-12-28-30-19-22(15-17-32(30)35(31)34(27)28)21-14-16-23-25-9-3-6-20-7-4-10-26(33(20)25)29(23)18-21/h1-19H. The number of hydrogen-bond acceptors (Lipinski definition) is 0. The topological polar surface area (TPSA) is 4.41 Å². The van der Waals surface area contributed by atoms with Crippen molar-refractivity contribution in [1.82, 2.24) is 4.40 Å². The minimum Gasteiger partial charge on any atom is -0.308 e. The highest BCUT2D eigenvalue weighted by molar-refractivity contribution is 6.23. The SMILES string of the molecule is c1cc2c3c(cccc3c1)-c1cc(-c3ccc4c(c3)c3cccc5c6ccccc6n4c53)ccc1-2. The van der Waals surface area contributed by atoms with Gasteiger partial charge >= 0.3 is 0 Å². The highest BCUT2D eigenvalue weighted by Crippen LogP contribution is 2.48. The summed E-state index contributed by atoms with van der Waals surface area (Å²) in [6, 6.07) is 42.7. The second-order valence-corrected chi connectivity index (χ2v) is 9.76. The van der Waals surface area contributed by atoms with Crippen molar-refractivity contribution in [3.63, 3.8) is 0 Å². The molecule has 0 fully saturated rings. The van der Waals surface area contributed by atoms with Gasteiger partial charge in [-0.1, -0.05) is 91.0 Å². The smallest absolute Gasteiger partial charge is 0.0620 e. The molecule has 2 heterocycles. The van der Waals surface area contributed by atoms with Crippen LogP contribution in [0.4, 0.5) is 0 Å². The second kappa shape index (κ2) is 6.08. The van der Waals surface area contributed by atoms with Crippen molar-refractivity contribution >= 4 is 48.9 Å². The molecule has 0 N–H and O–H groups in total. The Kier molecular flexibility index (Phi) is 3.09. The predicted molar refractivity (Wildman–Crippen MR) is 148 cm³/mol. The fourth-order valence-electron chi connectivity index (χ4n) is 6.58. The first-order valence-electron chi connectivity index (χ1n) is 12.2. The molecule has 9 rings (SSSR count). The fourth-order valence-corrected chi connectivity index (χ4v) is 6.58. The Hall–Kier alpha value is -4.62. The van der Waals surface area contributed by atoms with Gasteiger partial charge in [-0.05, 0) is 68.4 Å².